The molecule has 0 amide bonds. The van der Waals surface area contributed by atoms with Crippen molar-refractivity contribution >= 4 is 15.7 Å². The number of hydrogen-bond acceptors (Lipinski definition) is 4. The Morgan fingerprint density at radius 3 is 2.73 bits per heavy atom. The van der Waals surface area contributed by atoms with Gasteiger partial charge in [0, 0.05) is 0 Å². The summed E-state index contributed by atoms with van der Waals surface area (Å²) >= 11 is 0. The summed E-state index contributed by atoms with van der Waals surface area (Å²) in [6.07, 6.45) is 4.68. The summed E-state index contributed by atoms with van der Waals surface area (Å²) in [7, 11) is -3.93. The van der Waals surface area contributed by atoms with Crippen LogP contribution in [0.4, 0.5) is 10.1 Å². The zero-order valence-corrected chi connectivity index (χ0v) is 15.1. The lowest BCUT2D eigenvalue weighted by molar-refractivity contribution is 0.598. The van der Waals surface area contributed by atoms with Gasteiger partial charge in [0.15, 0.2) is 0 Å². The van der Waals surface area contributed by atoms with E-state index in [1.54, 1.807) is 24.4 Å². The van der Waals surface area contributed by atoms with E-state index in [2.05, 4.69) is 22.0 Å². The van der Waals surface area contributed by atoms with Gasteiger partial charge in [-0.15, -0.1) is 5.10 Å². The molecule has 8 heteroatoms. The third-order valence-electron chi connectivity index (χ3n) is 3.84. The van der Waals surface area contributed by atoms with Crippen LogP contribution in [0.5, 0.6) is 0 Å². The Kier molecular flexibility index (Phi) is 5.32. The van der Waals surface area contributed by atoms with Gasteiger partial charge in [0.2, 0.25) is 0 Å². The van der Waals surface area contributed by atoms with E-state index in [0.29, 0.717) is 5.69 Å². The van der Waals surface area contributed by atoms with E-state index in [9.17, 15) is 12.8 Å². The van der Waals surface area contributed by atoms with Crippen LogP contribution in [0.1, 0.15) is 25.5 Å². The zero-order valence-electron chi connectivity index (χ0n) is 14.3. The number of unbranched alkanes of at least 4 members (excludes halogenated alkanes) is 1. The summed E-state index contributed by atoms with van der Waals surface area (Å²) < 4.78 is 42.7. The molecule has 0 saturated carbocycles. The van der Waals surface area contributed by atoms with Crippen LogP contribution in [-0.4, -0.2) is 23.4 Å². The van der Waals surface area contributed by atoms with Crippen LogP contribution in [-0.2, 0) is 16.4 Å². The first-order valence-electron chi connectivity index (χ1n) is 8.28. The Morgan fingerprint density at radius 1 is 1.15 bits per heavy atom. The first kappa shape index (κ1) is 18.1. The van der Waals surface area contributed by atoms with Crippen molar-refractivity contribution in [3.63, 3.8) is 0 Å². The number of nitrogens with one attached hydrogen (secondary N) is 1. The van der Waals surface area contributed by atoms with Gasteiger partial charge in [-0.1, -0.05) is 36.8 Å². The van der Waals surface area contributed by atoms with Crippen molar-refractivity contribution in [2.75, 3.05) is 4.72 Å². The summed E-state index contributed by atoms with van der Waals surface area (Å²) in [5.74, 6) is -0.635. The second kappa shape index (κ2) is 7.65. The van der Waals surface area contributed by atoms with Crippen LogP contribution in [0.3, 0.4) is 0 Å². The van der Waals surface area contributed by atoms with E-state index in [4.69, 9.17) is 0 Å². The average molecular weight is 374 g/mol. The molecule has 1 N–H and O–H groups in total. The van der Waals surface area contributed by atoms with E-state index >= 15 is 0 Å². The fraction of sp³-hybridized carbons (Fsp3) is 0.222. The van der Waals surface area contributed by atoms with Crippen LogP contribution >= 0.6 is 0 Å². The molecule has 0 radical (unpaired) electrons. The molecule has 3 rings (SSSR count). The molecular weight excluding hydrogens is 355 g/mol. The van der Waals surface area contributed by atoms with Crippen LogP contribution in [0.15, 0.2) is 59.6 Å². The number of para-hydroxylation sites is 1. The molecule has 0 spiro atoms. The van der Waals surface area contributed by atoms with Crippen molar-refractivity contribution in [2.45, 2.75) is 31.1 Å². The van der Waals surface area contributed by atoms with Gasteiger partial charge >= 0.3 is 0 Å². The SMILES string of the molecule is CCCCc1cn(-c2cccc(S(=O)(=O)Nc3ccccc3F)c2)nn1. The van der Waals surface area contributed by atoms with Gasteiger partial charge in [-0.3, -0.25) is 4.72 Å². The highest BCUT2D eigenvalue weighted by molar-refractivity contribution is 7.92. The molecule has 3 aromatic rings. The lowest BCUT2D eigenvalue weighted by atomic mass is 10.2. The Labute approximate surface area is 151 Å². The molecule has 26 heavy (non-hydrogen) atoms. The van der Waals surface area contributed by atoms with Crippen LogP contribution in [0.25, 0.3) is 5.69 Å². The zero-order chi connectivity index (χ0) is 18.6. The van der Waals surface area contributed by atoms with E-state index in [1.807, 2.05) is 0 Å². The van der Waals surface area contributed by atoms with Crippen LogP contribution < -0.4 is 4.72 Å². The van der Waals surface area contributed by atoms with Gasteiger partial charge in [0.05, 0.1) is 28.2 Å². The van der Waals surface area contributed by atoms with E-state index in [-0.39, 0.29) is 10.6 Å². The highest BCUT2D eigenvalue weighted by Gasteiger charge is 2.17. The van der Waals surface area contributed by atoms with Crippen LogP contribution in [0, 0.1) is 5.82 Å². The standard InChI is InChI=1S/C18H19FN4O2S/c1-2-3-7-14-13-23(22-20-14)15-8-6-9-16(12-15)26(24,25)21-18-11-5-4-10-17(18)19/h4-6,8-13,21H,2-3,7H2,1H3. The van der Waals surface area contributed by atoms with E-state index in [1.165, 1.54) is 35.0 Å². The van der Waals surface area contributed by atoms with Gasteiger partial charge in [-0.05, 0) is 43.2 Å². The molecule has 0 fully saturated rings. The fourth-order valence-corrected chi connectivity index (χ4v) is 3.54. The van der Waals surface area contributed by atoms with Gasteiger partial charge in [0.1, 0.15) is 5.82 Å². The molecule has 0 aliphatic heterocycles. The second-order valence-electron chi connectivity index (χ2n) is 5.84. The van der Waals surface area contributed by atoms with Crippen molar-refractivity contribution in [3.8, 4) is 5.69 Å². The smallest absolute Gasteiger partial charge is 0.262 e. The number of hydrogen-bond donors (Lipinski definition) is 1. The summed E-state index contributed by atoms with van der Waals surface area (Å²) in [5, 5.41) is 8.15. The normalized spacial score (nSPS) is 11.5. The average Bonchev–Trinajstić information content (AvgIpc) is 3.11. The number of halogens is 1. The van der Waals surface area contributed by atoms with Gasteiger partial charge in [-0.2, -0.15) is 0 Å². The van der Waals surface area contributed by atoms with Crippen LogP contribution in [0.2, 0.25) is 0 Å². The topological polar surface area (TPSA) is 76.9 Å². The Morgan fingerprint density at radius 2 is 1.96 bits per heavy atom. The largest absolute Gasteiger partial charge is 0.277 e. The Hall–Kier alpha value is -2.74. The molecular formula is C18H19FN4O2S. The van der Waals surface area contributed by atoms with Crippen molar-refractivity contribution in [3.05, 3.63) is 66.2 Å². The fourth-order valence-electron chi connectivity index (χ4n) is 2.44. The predicted octanol–water partition coefficient (Wildman–Crippen LogP) is 3.55. The third kappa shape index (κ3) is 4.08. The number of aryl methyl sites for hydroxylation is 1. The third-order valence-corrected chi connectivity index (χ3v) is 5.20. The first-order valence-corrected chi connectivity index (χ1v) is 9.77. The first-order chi connectivity index (χ1) is 12.5. The number of sulfonamides is 1. The second-order valence-corrected chi connectivity index (χ2v) is 7.52. The molecule has 0 aliphatic carbocycles. The summed E-state index contributed by atoms with van der Waals surface area (Å²) in [4.78, 5) is 0.0175. The molecule has 2 aromatic carbocycles. The number of nitrogens with zero attached hydrogens (tertiary/aromatic N) is 3. The minimum absolute atomic E-state index is 0.0175. The molecule has 6 nitrogen and oxygen atoms in total. The molecule has 1 aromatic heterocycles. The summed E-state index contributed by atoms with van der Waals surface area (Å²) in [6, 6.07) is 11.9. The highest BCUT2D eigenvalue weighted by atomic mass is 32.2. The summed E-state index contributed by atoms with van der Waals surface area (Å²) in [6.45, 7) is 2.10. The molecule has 0 atom stereocenters. The van der Waals surface area contributed by atoms with Crippen molar-refractivity contribution in [1.29, 1.82) is 0 Å². The minimum atomic E-state index is -3.93. The number of rotatable bonds is 7. The van der Waals surface area contributed by atoms with Crippen molar-refractivity contribution in [1.82, 2.24) is 15.0 Å². The van der Waals surface area contributed by atoms with Crippen molar-refractivity contribution < 1.29 is 12.8 Å². The molecule has 136 valence electrons. The molecule has 0 saturated heterocycles. The van der Waals surface area contributed by atoms with Gasteiger partial charge < -0.3 is 0 Å². The lowest BCUT2D eigenvalue weighted by Gasteiger charge is -2.10. The number of benzene rings is 2. The minimum Gasteiger partial charge on any atom is -0.277 e. The maximum absolute atomic E-state index is 13.7. The number of anilines is 1. The quantitative estimate of drug-likeness (QED) is 0.686. The maximum Gasteiger partial charge on any atom is 0.262 e. The summed E-state index contributed by atoms with van der Waals surface area (Å²) in [5.41, 5.74) is 1.32. The number of aromatic nitrogens is 3. The van der Waals surface area contributed by atoms with Crippen molar-refractivity contribution in [2.24, 2.45) is 0 Å². The monoisotopic (exact) mass is 374 g/mol. The molecule has 0 bridgehead atoms. The predicted molar refractivity (Wildman–Crippen MR) is 97.2 cm³/mol. The van der Waals surface area contributed by atoms with E-state index in [0.717, 1.165) is 25.0 Å². The van der Waals surface area contributed by atoms with E-state index < -0.39 is 15.8 Å². The Balaban J connectivity index is 1.86. The molecule has 0 unspecified atom stereocenters. The molecule has 0 aliphatic rings. The van der Waals surface area contributed by atoms with Gasteiger partial charge in [-0.25, -0.2) is 17.5 Å². The Bertz CT molecular complexity index is 1000. The maximum atomic E-state index is 13.7. The molecule has 1 heterocycles. The highest BCUT2D eigenvalue weighted by Crippen LogP contribution is 2.20. The van der Waals surface area contributed by atoms with Gasteiger partial charge in [0.25, 0.3) is 10.0 Å². The lowest BCUT2D eigenvalue weighted by Crippen LogP contribution is -2.14.